The third-order valence-corrected chi connectivity index (χ3v) is 2.87. The van der Waals surface area contributed by atoms with Crippen molar-refractivity contribution in [3.63, 3.8) is 0 Å². The van der Waals surface area contributed by atoms with Crippen LogP contribution in [-0.2, 0) is 0 Å². The van der Waals surface area contributed by atoms with Crippen molar-refractivity contribution in [1.29, 1.82) is 0 Å². The quantitative estimate of drug-likeness (QED) is 0.858. The van der Waals surface area contributed by atoms with Gasteiger partial charge in [-0.1, -0.05) is 23.7 Å². The minimum absolute atomic E-state index is 0.221. The molecule has 0 aliphatic carbocycles. The van der Waals surface area contributed by atoms with Crippen LogP contribution in [0.1, 0.15) is 10.4 Å². The maximum atomic E-state index is 11.9. The number of hydrogen-bond acceptors (Lipinski definition) is 2. The second-order valence-corrected chi connectivity index (χ2v) is 4.52. The highest BCUT2D eigenvalue weighted by Gasteiger charge is 2.08. The minimum Gasteiger partial charge on any atom is -0.321 e. The van der Waals surface area contributed by atoms with Crippen LogP contribution in [0.4, 0.5) is 5.69 Å². The van der Waals surface area contributed by atoms with Crippen molar-refractivity contribution in [1.82, 2.24) is 4.98 Å². The Balaban J connectivity index is 2.20. The maximum Gasteiger partial charge on any atom is 0.255 e. The van der Waals surface area contributed by atoms with E-state index in [1.807, 2.05) is 6.07 Å². The van der Waals surface area contributed by atoms with Crippen LogP contribution in [0.3, 0.4) is 0 Å². The molecular formula is C12H8BrClN2O. The second kappa shape index (κ2) is 5.29. The van der Waals surface area contributed by atoms with Crippen LogP contribution in [0.2, 0.25) is 5.02 Å². The largest absolute Gasteiger partial charge is 0.321 e. The van der Waals surface area contributed by atoms with E-state index < -0.39 is 0 Å². The molecule has 1 N–H and O–H groups in total. The number of carbonyl (C=O) groups excluding carboxylic acids is 1. The maximum absolute atomic E-state index is 11.9. The van der Waals surface area contributed by atoms with E-state index in [2.05, 4.69) is 26.2 Å². The summed E-state index contributed by atoms with van der Waals surface area (Å²) < 4.78 is 0.615. The summed E-state index contributed by atoms with van der Waals surface area (Å²) in [6.07, 6.45) is 1.56. The topological polar surface area (TPSA) is 42.0 Å². The first kappa shape index (κ1) is 12.1. The lowest BCUT2D eigenvalue weighted by molar-refractivity contribution is 0.102. The molecule has 0 aliphatic heterocycles. The molecule has 1 aromatic carbocycles. The van der Waals surface area contributed by atoms with Gasteiger partial charge in [0, 0.05) is 11.8 Å². The van der Waals surface area contributed by atoms with Gasteiger partial charge in [0.25, 0.3) is 5.91 Å². The molecule has 0 saturated carbocycles. The lowest BCUT2D eigenvalue weighted by Gasteiger charge is -2.06. The molecule has 17 heavy (non-hydrogen) atoms. The number of anilines is 1. The predicted molar refractivity (Wildman–Crippen MR) is 71.3 cm³/mol. The van der Waals surface area contributed by atoms with E-state index in [0.29, 0.717) is 20.9 Å². The number of para-hydroxylation sites is 1. The number of pyridine rings is 1. The van der Waals surface area contributed by atoms with Gasteiger partial charge in [-0.3, -0.25) is 4.79 Å². The van der Waals surface area contributed by atoms with Crippen molar-refractivity contribution in [3.8, 4) is 0 Å². The standard InChI is InChI=1S/C12H8BrClN2O/c13-11-7-8(5-6-15-11)12(17)16-10-4-2-1-3-9(10)14/h1-7H,(H,16,17). The monoisotopic (exact) mass is 310 g/mol. The number of rotatable bonds is 2. The first-order chi connectivity index (χ1) is 8.16. The lowest BCUT2D eigenvalue weighted by Crippen LogP contribution is -2.12. The molecule has 0 bridgehead atoms. The molecule has 0 saturated heterocycles. The first-order valence-electron chi connectivity index (χ1n) is 4.84. The Morgan fingerprint density at radius 2 is 2.06 bits per heavy atom. The van der Waals surface area contributed by atoms with E-state index in [9.17, 15) is 4.79 Å². The molecule has 0 spiro atoms. The Morgan fingerprint density at radius 1 is 1.29 bits per heavy atom. The average Bonchev–Trinajstić information content (AvgIpc) is 2.32. The molecule has 0 aliphatic rings. The average molecular weight is 312 g/mol. The molecule has 0 fully saturated rings. The van der Waals surface area contributed by atoms with Gasteiger partial charge in [-0.2, -0.15) is 0 Å². The van der Waals surface area contributed by atoms with Crippen molar-refractivity contribution in [3.05, 3.63) is 57.8 Å². The Bertz CT molecular complexity index is 560. The third kappa shape index (κ3) is 3.05. The van der Waals surface area contributed by atoms with Gasteiger partial charge in [0.1, 0.15) is 4.60 Å². The SMILES string of the molecule is O=C(Nc1ccccc1Cl)c1ccnc(Br)c1. The Labute approximate surface area is 112 Å². The molecule has 0 unspecified atom stereocenters. The second-order valence-electron chi connectivity index (χ2n) is 3.30. The summed E-state index contributed by atoms with van der Waals surface area (Å²) in [5.74, 6) is -0.221. The van der Waals surface area contributed by atoms with Crippen LogP contribution in [0.5, 0.6) is 0 Å². The zero-order valence-electron chi connectivity index (χ0n) is 8.65. The number of benzene rings is 1. The number of nitrogens with one attached hydrogen (secondary N) is 1. The third-order valence-electron chi connectivity index (χ3n) is 2.11. The highest BCUT2D eigenvalue weighted by molar-refractivity contribution is 9.10. The molecule has 2 rings (SSSR count). The zero-order valence-corrected chi connectivity index (χ0v) is 11.0. The summed E-state index contributed by atoms with van der Waals surface area (Å²) in [6, 6.07) is 10.4. The smallest absolute Gasteiger partial charge is 0.255 e. The molecule has 2 aromatic rings. The molecule has 0 atom stereocenters. The molecule has 0 radical (unpaired) electrons. The number of hydrogen-bond donors (Lipinski definition) is 1. The molecule has 1 amide bonds. The van der Waals surface area contributed by atoms with Crippen molar-refractivity contribution in [2.45, 2.75) is 0 Å². The molecule has 1 aromatic heterocycles. The van der Waals surface area contributed by atoms with Crippen LogP contribution in [-0.4, -0.2) is 10.9 Å². The van der Waals surface area contributed by atoms with Crippen molar-refractivity contribution < 1.29 is 4.79 Å². The lowest BCUT2D eigenvalue weighted by atomic mass is 10.2. The summed E-state index contributed by atoms with van der Waals surface area (Å²) in [4.78, 5) is 15.9. The number of amides is 1. The van der Waals surface area contributed by atoms with E-state index >= 15 is 0 Å². The van der Waals surface area contributed by atoms with Gasteiger partial charge >= 0.3 is 0 Å². The fraction of sp³-hybridized carbons (Fsp3) is 0. The van der Waals surface area contributed by atoms with E-state index in [4.69, 9.17) is 11.6 Å². The number of halogens is 2. The molecule has 1 heterocycles. The Hall–Kier alpha value is -1.39. The van der Waals surface area contributed by atoms with E-state index in [-0.39, 0.29) is 5.91 Å². The van der Waals surface area contributed by atoms with Gasteiger partial charge in [-0.15, -0.1) is 0 Å². The van der Waals surface area contributed by atoms with Crippen LogP contribution >= 0.6 is 27.5 Å². The highest BCUT2D eigenvalue weighted by atomic mass is 79.9. The molecule has 86 valence electrons. The minimum atomic E-state index is -0.221. The van der Waals surface area contributed by atoms with Crippen LogP contribution in [0.25, 0.3) is 0 Å². The summed E-state index contributed by atoms with van der Waals surface area (Å²) in [7, 11) is 0. The first-order valence-corrected chi connectivity index (χ1v) is 6.01. The van der Waals surface area contributed by atoms with Crippen LogP contribution in [0.15, 0.2) is 47.2 Å². The van der Waals surface area contributed by atoms with Crippen molar-refractivity contribution in [2.75, 3.05) is 5.32 Å². The van der Waals surface area contributed by atoms with E-state index in [0.717, 1.165) is 0 Å². The normalized spacial score (nSPS) is 10.0. The van der Waals surface area contributed by atoms with Gasteiger partial charge in [-0.05, 0) is 40.2 Å². The van der Waals surface area contributed by atoms with Crippen molar-refractivity contribution in [2.24, 2.45) is 0 Å². The predicted octanol–water partition coefficient (Wildman–Crippen LogP) is 3.75. The fourth-order valence-electron chi connectivity index (χ4n) is 1.30. The van der Waals surface area contributed by atoms with Crippen molar-refractivity contribution >= 4 is 39.1 Å². The zero-order chi connectivity index (χ0) is 12.3. The summed E-state index contributed by atoms with van der Waals surface area (Å²) in [5, 5.41) is 3.24. The Morgan fingerprint density at radius 3 is 2.76 bits per heavy atom. The molecule has 5 heteroatoms. The highest BCUT2D eigenvalue weighted by Crippen LogP contribution is 2.21. The molecule has 3 nitrogen and oxygen atoms in total. The number of aromatic nitrogens is 1. The van der Waals surface area contributed by atoms with E-state index in [1.165, 1.54) is 0 Å². The summed E-state index contributed by atoms with van der Waals surface area (Å²) in [5.41, 5.74) is 1.11. The van der Waals surface area contributed by atoms with Gasteiger partial charge in [0.15, 0.2) is 0 Å². The van der Waals surface area contributed by atoms with Gasteiger partial charge < -0.3 is 5.32 Å². The van der Waals surface area contributed by atoms with Gasteiger partial charge in [0.2, 0.25) is 0 Å². The fourth-order valence-corrected chi connectivity index (χ4v) is 1.85. The Kier molecular flexibility index (Phi) is 3.76. The molecular weight excluding hydrogens is 304 g/mol. The summed E-state index contributed by atoms with van der Waals surface area (Å²) in [6.45, 7) is 0. The number of nitrogens with zero attached hydrogens (tertiary/aromatic N) is 1. The van der Waals surface area contributed by atoms with Crippen LogP contribution < -0.4 is 5.32 Å². The summed E-state index contributed by atoms with van der Waals surface area (Å²) >= 11 is 9.16. The number of carbonyl (C=O) groups is 1. The van der Waals surface area contributed by atoms with Gasteiger partial charge in [0.05, 0.1) is 10.7 Å². The van der Waals surface area contributed by atoms with E-state index in [1.54, 1.807) is 36.5 Å². The van der Waals surface area contributed by atoms with Crippen LogP contribution in [0, 0.1) is 0 Å². The van der Waals surface area contributed by atoms with Gasteiger partial charge in [-0.25, -0.2) is 4.98 Å².